The van der Waals surface area contributed by atoms with E-state index >= 15 is 0 Å². The molecule has 1 rings (SSSR count). The van der Waals surface area contributed by atoms with Crippen LogP contribution in [0.4, 0.5) is 5.69 Å². The van der Waals surface area contributed by atoms with Crippen LogP contribution in [0, 0.1) is 5.92 Å². The Morgan fingerprint density at radius 1 is 1.21 bits per heavy atom. The van der Waals surface area contributed by atoms with Crippen molar-refractivity contribution in [3.63, 3.8) is 0 Å². The van der Waals surface area contributed by atoms with Gasteiger partial charge in [-0.05, 0) is 38.8 Å². The van der Waals surface area contributed by atoms with Crippen molar-refractivity contribution in [1.82, 2.24) is 5.32 Å². The highest BCUT2D eigenvalue weighted by Crippen LogP contribution is 2.29. The van der Waals surface area contributed by atoms with E-state index in [0.717, 1.165) is 0 Å². The molecule has 0 saturated heterocycles. The van der Waals surface area contributed by atoms with Crippen LogP contribution in [0.2, 0.25) is 10.0 Å². The van der Waals surface area contributed by atoms with E-state index in [1.165, 1.54) is 0 Å². The summed E-state index contributed by atoms with van der Waals surface area (Å²) in [6, 6.07) is 4.40. The fraction of sp³-hybridized carbons (Fsp3) is 0.529. The van der Waals surface area contributed by atoms with Gasteiger partial charge in [0.2, 0.25) is 5.91 Å². The van der Waals surface area contributed by atoms with Crippen molar-refractivity contribution in [2.45, 2.75) is 46.3 Å². The minimum Gasteiger partial charge on any atom is -0.459 e. The minimum atomic E-state index is -0.581. The lowest BCUT2D eigenvalue weighted by Gasteiger charge is -2.26. The van der Waals surface area contributed by atoms with Crippen molar-refractivity contribution >= 4 is 40.8 Å². The van der Waals surface area contributed by atoms with Gasteiger partial charge in [-0.3, -0.25) is 14.9 Å². The Kier molecular flexibility index (Phi) is 7.52. The average molecular weight is 375 g/mol. The Bertz CT molecular complexity index is 598. The molecule has 0 fully saturated rings. The largest absolute Gasteiger partial charge is 0.459 e. The molecule has 1 amide bonds. The zero-order chi connectivity index (χ0) is 18.5. The zero-order valence-electron chi connectivity index (χ0n) is 14.6. The van der Waals surface area contributed by atoms with Gasteiger partial charge in [-0.25, -0.2) is 0 Å². The number of anilines is 1. The number of ether oxygens (including phenoxy) is 1. The first-order valence-corrected chi connectivity index (χ1v) is 8.47. The van der Waals surface area contributed by atoms with E-state index in [-0.39, 0.29) is 29.4 Å². The zero-order valence-corrected chi connectivity index (χ0v) is 16.1. The molecule has 134 valence electrons. The molecule has 1 aromatic carbocycles. The van der Waals surface area contributed by atoms with Crippen molar-refractivity contribution < 1.29 is 14.3 Å². The van der Waals surface area contributed by atoms with Crippen molar-refractivity contribution in [1.29, 1.82) is 0 Å². The van der Waals surface area contributed by atoms with Crippen molar-refractivity contribution in [3.05, 3.63) is 28.2 Å². The summed E-state index contributed by atoms with van der Waals surface area (Å²) in [6.45, 7) is 9.12. The van der Waals surface area contributed by atoms with Crippen molar-refractivity contribution in [2.75, 3.05) is 11.9 Å². The summed E-state index contributed by atoms with van der Waals surface area (Å²) >= 11 is 11.9. The van der Waals surface area contributed by atoms with Crippen LogP contribution < -0.4 is 10.6 Å². The predicted molar refractivity (Wildman–Crippen MR) is 97.6 cm³/mol. The maximum absolute atomic E-state index is 12.2. The van der Waals surface area contributed by atoms with Crippen LogP contribution >= 0.6 is 23.2 Å². The third kappa shape index (κ3) is 6.67. The van der Waals surface area contributed by atoms with E-state index in [4.69, 9.17) is 27.9 Å². The van der Waals surface area contributed by atoms with Crippen LogP contribution in [0.5, 0.6) is 0 Å². The molecule has 0 aliphatic heterocycles. The standard InChI is InChI=1S/C17H24Cl2N2O3/c1-10(2)15(16(23)24-17(3,4)5)20-9-13(22)21-12-8-6-7-11(18)14(12)19/h6-8,10,15,20H,9H2,1-5H3,(H,21,22)/t15-/m0/s1. The summed E-state index contributed by atoms with van der Waals surface area (Å²) in [6.07, 6.45) is 0. The van der Waals surface area contributed by atoms with Gasteiger partial charge in [0.1, 0.15) is 11.6 Å². The van der Waals surface area contributed by atoms with E-state index in [9.17, 15) is 9.59 Å². The normalized spacial score (nSPS) is 12.8. The number of halogens is 2. The molecule has 0 aliphatic carbocycles. The van der Waals surface area contributed by atoms with Gasteiger partial charge in [0.15, 0.2) is 0 Å². The lowest BCUT2D eigenvalue weighted by molar-refractivity contribution is -0.158. The highest BCUT2D eigenvalue weighted by molar-refractivity contribution is 6.44. The number of rotatable bonds is 6. The Morgan fingerprint density at radius 2 is 1.83 bits per heavy atom. The molecule has 0 aliphatic rings. The molecule has 1 aromatic rings. The third-order valence-corrected chi connectivity index (χ3v) is 3.85. The van der Waals surface area contributed by atoms with Crippen LogP contribution in [0.3, 0.4) is 0 Å². The number of carbonyl (C=O) groups excluding carboxylic acids is 2. The average Bonchev–Trinajstić information content (AvgIpc) is 2.41. The predicted octanol–water partition coefficient (Wildman–Crippen LogP) is 3.89. The first-order chi connectivity index (χ1) is 11.0. The SMILES string of the molecule is CC(C)[C@H](NCC(=O)Nc1cccc(Cl)c1Cl)C(=O)OC(C)(C)C. The van der Waals surface area contributed by atoms with Gasteiger partial charge in [-0.1, -0.05) is 43.1 Å². The van der Waals surface area contributed by atoms with E-state index in [0.29, 0.717) is 10.7 Å². The Morgan fingerprint density at radius 3 is 2.38 bits per heavy atom. The number of benzene rings is 1. The van der Waals surface area contributed by atoms with E-state index < -0.39 is 11.6 Å². The molecule has 5 nitrogen and oxygen atoms in total. The van der Waals surface area contributed by atoms with Crippen molar-refractivity contribution in [3.8, 4) is 0 Å². The van der Waals surface area contributed by atoms with E-state index in [2.05, 4.69) is 10.6 Å². The van der Waals surface area contributed by atoms with Crippen LogP contribution in [-0.2, 0) is 14.3 Å². The second kappa shape index (κ2) is 8.70. The van der Waals surface area contributed by atoms with Crippen LogP contribution in [-0.4, -0.2) is 30.1 Å². The number of amides is 1. The quantitative estimate of drug-likeness (QED) is 0.741. The van der Waals surface area contributed by atoms with Gasteiger partial charge in [-0.15, -0.1) is 0 Å². The summed E-state index contributed by atoms with van der Waals surface area (Å²) in [5, 5.41) is 6.23. The molecular weight excluding hydrogens is 351 g/mol. The molecule has 0 radical (unpaired) electrons. The molecule has 0 saturated carbocycles. The Balaban J connectivity index is 2.65. The molecule has 24 heavy (non-hydrogen) atoms. The highest BCUT2D eigenvalue weighted by atomic mass is 35.5. The van der Waals surface area contributed by atoms with Gasteiger partial charge in [-0.2, -0.15) is 0 Å². The first kappa shape index (κ1) is 20.7. The molecule has 0 spiro atoms. The fourth-order valence-corrected chi connectivity index (χ4v) is 2.30. The summed E-state index contributed by atoms with van der Waals surface area (Å²) in [7, 11) is 0. The second-order valence-electron chi connectivity index (χ2n) is 6.79. The maximum atomic E-state index is 12.2. The van der Waals surface area contributed by atoms with Gasteiger partial charge >= 0.3 is 5.97 Å². The second-order valence-corrected chi connectivity index (χ2v) is 7.57. The molecule has 7 heteroatoms. The smallest absolute Gasteiger partial charge is 0.323 e. The van der Waals surface area contributed by atoms with Gasteiger partial charge in [0, 0.05) is 0 Å². The third-order valence-electron chi connectivity index (χ3n) is 3.04. The molecule has 2 N–H and O–H groups in total. The molecule has 0 heterocycles. The van der Waals surface area contributed by atoms with Gasteiger partial charge in [0.05, 0.1) is 22.3 Å². The van der Waals surface area contributed by atoms with Gasteiger partial charge < -0.3 is 10.1 Å². The summed E-state index contributed by atoms with van der Waals surface area (Å²) in [5.74, 6) is -0.734. The summed E-state index contributed by atoms with van der Waals surface area (Å²) in [4.78, 5) is 24.3. The molecular formula is C17H24Cl2N2O3. The summed E-state index contributed by atoms with van der Waals surface area (Å²) in [5.41, 5.74) is -0.156. The maximum Gasteiger partial charge on any atom is 0.323 e. The summed E-state index contributed by atoms with van der Waals surface area (Å²) < 4.78 is 5.37. The molecule has 1 atom stereocenters. The Hall–Kier alpha value is -1.30. The van der Waals surface area contributed by atoms with Gasteiger partial charge in [0.25, 0.3) is 0 Å². The topological polar surface area (TPSA) is 67.4 Å². The van der Waals surface area contributed by atoms with E-state index in [1.807, 2.05) is 13.8 Å². The number of esters is 1. The highest BCUT2D eigenvalue weighted by Gasteiger charge is 2.27. The van der Waals surface area contributed by atoms with Crippen molar-refractivity contribution in [2.24, 2.45) is 5.92 Å². The molecule has 0 bridgehead atoms. The van der Waals surface area contributed by atoms with Crippen LogP contribution in [0.1, 0.15) is 34.6 Å². The lowest BCUT2D eigenvalue weighted by Crippen LogP contribution is -2.47. The number of carbonyl (C=O) groups is 2. The van der Waals surface area contributed by atoms with Crippen LogP contribution in [0.25, 0.3) is 0 Å². The molecule has 0 aromatic heterocycles. The minimum absolute atomic E-state index is 0.0255. The van der Waals surface area contributed by atoms with Crippen LogP contribution in [0.15, 0.2) is 18.2 Å². The number of hydrogen-bond acceptors (Lipinski definition) is 4. The number of nitrogens with one attached hydrogen (secondary N) is 2. The molecule has 0 unspecified atom stereocenters. The fourth-order valence-electron chi connectivity index (χ4n) is 1.95. The first-order valence-electron chi connectivity index (χ1n) is 7.71. The monoisotopic (exact) mass is 374 g/mol. The number of hydrogen-bond donors (Lipinski definition) is 2. The lowest BCUT2D eigenvalue weighted by atomic mass is 10.0. The Labute approximate surface area is 153 Å². The van der Waals surface area contributed by atoms with E-state index in [1.54, 1.807) is 39.0 Å².